The summed E-state index contributed by atoms with van der Waals surface area (Å²) in [7, 11) is 0. The molecule has 0 aliphatic rings. The molecule has 3 aromatic carbocycles. The number of ether oxygens (including phenoxy) is 1. The standard InChI is InChI=1S/C21H14N4O4S/c26-20(15-4-3-5-16(12-15)25(27)28)29-17-10-8-14(9-11-17)13-22-24-21-23-18-6-1-2-7-19(18)30-21/h1-13H,(H,23,24). The van der Waals surface area contributed by atoms with E-state index < -0.39 is 10.9 Å². The van der Waals surface area contributed by atoms with Crippen LogP contribution >= 0.6 is 11.3 Å². The molecule has 0 aliphatic carbocycles. The molecule has 1 aromatic heterocycles. The highest BCUT2D eigenvalue weighted by Crippen LogP contribution is 2.25. The van der Waals surface area contributed by atoms with Crippen LogP contribution in [0.2, 0.25) is 0 Å². The fourth-order valence-electron chi connectivity index (χ4n) is 2.62. The summed E-state index contributed by atoms with van der Waals surface area (Å²) in [4.78, 5) is 26.9. The Morgan fingerprint density at radius 1 is 1.10 bits per heavy atom. The molecule has 0 saturated carbocycles. The first kappa shape index (κ1) is 19.2. The Morgan fingerprint density at radius 2 is 1.90 bits per heavy atom. The Labute approximate surface area is 174 Å². The number of nitro groups is 1. The minimum Gasteiger partial charge on any atom is -0.423 e. The van der Waals surface area contributed by atoms with Gasteiger partial charge in [-0.15, -0.1) is 0 Å². The van der Waals surface area contributed by atoms with Crippen LogP contribution in [-0.2, 0) is 0 Å². The van der Waals surface area contributed by atoms with Gasteiger partial charge in [0.05, 0.1) is 26.9 Å². The quantitative estimate of drug-likeness (QED) is 0.157. The predicted molar refractivity (Wildman–Crippen MR) is 115 cm³/mol. The van der Waals surface area contributed by atoms with Crippen LogP contribution in [0.4, 0.5) is 10.8 Å². The van der Waals surface area contributed by atoms with Crippen molar-refractivity contribution in [2.45, 2.75) is 0 Å². The number of anilines is 1. The largest absolute Gasteiger partial charge is 0.423 e. The van der Waals surface area contributed by atoms with E-state index in [0.29, 0.717) is 10.9 Å². The Morgan fingerprint density at radius 3 is 2.67 bits per heavy atom. The number of carbonyl (C=O) groups is 1. The summed E-state index contributed by atoms with van der Waals surface area (Å²) >= 11 is 1.51. The summed E-state index contributed by atoms with van der Waals surface area (Å²) in [5, 5.41) is 15.7. The molecule has 0 fully saturated rings. The molecule has 1 N–H and O–H groups in total. The number of para-hydroxylation sites is 1. The Kier molecular flexibility index (Phi) is 5.44. The topological polar surface area (TPSA) is 107 Å². The smallest absolute Gasteiger partial charge is 0.343 e. The zero-order valence-electron chi connectivity index (χ0n) is 15.4. The molecular formula is C21H14N4O4S. The lowest BCUT2D eigenvalue weighted by Crippen LogP contribution is -2.08. The second kappa shape index (κ2) is 8.50. The molecule has 4 rings (SSSR count). The van der Waals surface area contributed by atoms with Crippen molar-refractivity contribution >= 4 is 44.6 Å². The summed E-state index contributed by atoms with van der Waals surface area (Å²) in [6.07, 6.45) is 1.62. The highest BCUT2D eigenvalue weighted by Gasteiger charge is 2.13. The summed E-state index contributed by atoms with van der Waals surface area (Å²) in [6.45, 7) is 0. The molecule has 0 radical (unpaired) electrons. The van der Waals surface area contributed by atoms with Crippen molar-refractivity contribution in [3.8, 4) is 5.75 Å². The number of nitrogens with one attached hydrogen (secondary N) is 1. The van der Waals surface area contributed by atoms with Gasteiger partial charge in [-0.25, -0.2) is 9.78 Å². The number of non-ortho nitro benzene ring substituents is 1. The normalized spacial score (nSPS) is 10.9. The maximum Gasteiger partial charge on any atom is 0.343 e. The van der Waals surface area contributed by atoms with E-state index in [2.05, 4.69) is 15.5 Å². The van der Waals surface area contributed by atoms with Crippen molar-refractivity contribution < 1.29 is 14.5 Å². The molecule has 0 saturated heterocycles. The van der Waals surface area contributed by atoms with Gasteiger partial charge in [-0.3, -0.25) is 15.5 Å². The van der Waals surface area contributed by atoms with Gasteiger partial charge in [-0.1, -0.05) is 29.5 Å². The SMILES string of the molecule is O=C(Oc1ccc(C=NNc2nc3ccccc3s2)cc1)c1cccc([N+](=O)[O-])c1. The van der Waals surface area contributed by atoms with Crippen LogP contribution in [0, 0.1) is 10.1 Å². The minimum atomic E-state index is -0.669. The Hall–Kier alpha value is -4.11. The zero-order valence-corrected chi connectivity index (χ0v) is 16.2. The monoisotopic (exact) mass is 418 g/mol. The van der Waals surface area contributed by atoms with Crippen LogP contribution in [0.15, 0.2) is 77.9 Å². The number of hydrogen-bond donors (Lipinski definition) is 1. The second-order valence-electron chi connectivity index (χ2n) is 6.12. The lowest BCUT2D eigenvalue weighted by molar-refractivity contribution is -0.384. The van der Waals surface area contributed by atoms with Gasteiger partial charge < -0.3 is 4.74 Å². The van der Waals surface area contributed by atoms with Crippen molar-refractivity contribution in [2.24, 2.45) is 5.10 Å². The van der Waals surface area contributed by atoms with Crippen molar-refractivity contribution in [1.29, 1.82) is 0 Å². The molecular weight excluding hydrogens is 404 g/mol. The molecule has 9 heteroatoms. The Bertz CT molecular complexity index is 1220. The van der Waals surface area contributed by atoms with E-state index in [0.717, 1.165) is 15.8 Å². The van der Waals surface area contributed by atoms with Gasteiger partial charge in [-0.2, -0.15) is 5.10 Å². The van der Waals surface area contributed by atoms with Gasteiger partial charge in [0.25, 0.3) is 5.69 Å². The lowest BCUT2D eigenvalue weighted by atomic mass is 10.2. The van der Waals surface area contributed by atoms with E-state index in [1.165, 1.54) is 35.6 Å². The Balaban J connectivity index is 1.37. The van der Waals surface area contributed by atoms with E-state index in [4.69, 9.17) is 4.74 Å². The molecule has 0 unspecified atom stereocenters. The first-order valence-electron chi connectivity index (χ1n) is 8.80. The average Bonchev–Trinajstić information content (AvgIpc) is 3.18. The van der Waals surface area contributed by atoms with Crippen LogP contribution in [0.5, 0.6) is 5.75 Å². The molecule has 0 bridgehead atoms. The number of aromatic nitrogens is 1. The van der Waals surface area contributed by atoms with Gasteiger partial charge >= 0.3 is 5.97 Å². The lowest BCUT2D eigenvalue weighted by Gasteiger charge is -2.04. The van der Waals surface area contributed by atoms with Gasteiger partial charge in [0.1, 0.15) is 5.75 Å². The van der Waals surface area contributed by atoms with E-state index in [1.54, 1.807) is 30.5 Å². The number of nitrogens with zero attached hydrogens (tertiary/aromatic N) is 3. The fourth-order valence-corrected chi connectivity index (χ4v) is 3.43. The maximum atomic E-state index is 12.2. The van der Waals surface area contributed by atoms with Crippen LogP contribution in [-0.4, -0.2) is 22.1 Å². The first-order chi connectivity index (χ1) is 14.6. The summed E-state index contributed by atoms with van der Waals surface area (Å²) < 4.78 is 6.34. The number of esters is 1. The summed E-state index contributed by atoms with van der Waals surface area (Å²) in [6, 6.07) is 19.9. The maximum absolute atomic E-state index is 12.2. The van der Waals surface area contributed by atoms with E-state index >= 15 is 0 Å². The number of hydrogen-bond acceptors (Lipinski definition) is 8. The van der Waals surface area contributed by atoms with Crippen molar-refractivity contribution in [2.75, 3.05) is 5.43 Å². The zero-order chi connectivity index (χ0) is 20.9. The van der Waals surface area contributed by atoms with E-state index in [-0.39, 0.29) is 11.3 Å². The number of nitro benzene ring substituents is 1. The number of carbonyl (C=O) groups excluding carboxylic acids is 1. The number of hydrazone groups is 1. The molecule has 1 heterocycles. The molecule has 0 aliphatic heterocycles. The van der Waals surface area contributed by atoms with Crippen molar-refractivity contribution in [1.82, 2.24) is 4.98 Å². The van der Waals surface area contributed by atoms with Crippen LogP contribution in [0.1, 0.15) is 15.9 Å². The molecule has 148 valence electrons. The number of benzene rings is 3. The number of thiazole rings is 1. The molecule has 30 heavy (non-hydrogen) atoms. The number of fused-ring (bicyclic) bond motifs is 1. The van der Waals surface area contributed by atoms with Crippen molar-refractivity contribution in [3.63, 3.8) is 0 Å². The summed E-state index contributed by atoms with van der Waals surface area (Å²) in [5.74, 6) is -0.347. The van der Waals surface area contributed by atoms with Gasteiger partial charge in [0.2, 0.25) is 5.13 Å². The molecule has 0 amide bonds. The van der Waals surface area contributed by atoms with Crippen molar-refractivity contribution in [3.05, 3.63) is 94.0 Å². The van der Waals surface area contributed by atoms with E-state index in [1.807, 2.05) is 24.3 Å². The molecule has 8 nitrogen and oxygen atoms in total. The average molecular weight is 418 g/mol. The third-order valence-corrected chi connectivity index (χ3v) is 4.99. The van der Waals surface area contributed by atoms with Gasteiger partial charge in [0.15, 0.2) is 0 Å². The highest BCUT2D eigenvalue weighted by molar-refractivity contribution is 7.22. The fraction of sp³-hybridized carbons (Fsp3) is 0. The molecule has 0 spiro atoms. The first-order valence-corrected chi connectivity index (χ1v) is 9.61. The van der Waals surface area contributed by atoms with Crippen LogP contribution in [0.3, 0.4) is 0 Å². The van der Waals surface area contributed by atoms with Gasteiger partial charge in [0, 0.05) is 12.1 Å². The second-order valence-corrected chi connectivity index (χ2v) is 7.15. The minimum absolute atomic E-state index is 0.106. The molecule has 4 aromatic rings. The third-order valence-electron chi connectivity index (χ3n) is 4.05. The van der Waals surface area contributed by atoms with Crippen LogP contribution in [0.25, 0.3) is 10.2 Å². The predicted octanol–water partition coefficient (Wildman–Crippen LogP) is 4.87. The third kappa shape index (κ3) is 4.47. The number of rotatable bonds is 6. The van der Waals surface area contributed by atoms with E-state index in [9.17, 15) is 14.9 Å². The summed E-state index contributed by atoms with van der Waals surface area (Å²) in [5.41, 5.74) is 4.54. The van der Waals surface area contributed by atoms with Crippen LogP contribution < -0.4 is 10.2 Å². The highest BCUT2D eigenvalue weighted by atomic mass is 32.1. The van der Waals surface area contributed by atoms with Gasteiger partial charge in [-0.05, 0) is 48.0 Å². The molecule has 0 atom stereocenters.